The van der Waals surface area contributed by atoms with Gasteiger partial charge in [-0.15, -0.1) is 0 Å². The predicted octanol–water partition coefficient (Wildman–Crippen LogP) is 8.01. The van der Waals surface area contributed by atoms with Crippen LogP contribution in [0.4, 0.5) is 0 Å². The largest absolute Gasteiger partial charge is 0.504 e. The number of methoxy groups -OCH3 is 2. The average Bonchev–Trinajstić information content (AvgIpc) is 3.47. The molecule has 0 aliphatic heterocycles. The molecular formula is C41H43NO7. The van der Waals surface area contributed by atoms with Gasteiger partial charge in [-0.2, -0.15) is 0 Å². The summed E-state index contributed by atoms with van der Waals surface area (Å²) in [5, 5.41) is 22.3. The second-order valence-corrected chi connectivity index (χ2v) is 13.7. The molecule has 4 aromatic rings. The number of esters is 1. The quantitative estimate of drug-likeness (QED) is 0.139. The van der Waals surface area contributed by atoms with Crippen LogP contribution in [0.5, 0.6) is 23.0 Å². The molecule has 3 aliphatic carbocycles. The lowest BCUT2D eigenvalue weighted by Crippen LogP contribution is -2.32. The van der Waals surface area contributed by atoms with Crippen LogP contribution in [0.1, 0.15) is 73.8 Å². The van der Waals surface area contributed by atoms with Crippen molar-refractivity contribution in [2.45, 2.75) is 63.9 Å². The highest BCUT2D eigenvalue weighted by Gasteiger charge is 2.44. The van der Waals surface area contributed by atoms with Crippen LogP contribution in [0.2, 0.25) is 0 Å². The average molecular weight is 662 g/mol. The number of rotatable bonds is 11. The lowest BCUT2D eigenvalue weighted by molar-refractivity contribution is -0.147. The fourth-order valence-electron chi connectivity index (χ4n) is 8.52. The van der Waals surface area contributed by atoms with E-state index in [-0.39, 0.29) is 47.9 Å². The Balaban J connectivity index is 1.24. The van der Waals surface area contributed by atoms with E-state index in [0.29, 0.717) is 30.3 Å². The predicted molar refractivity (Wildman–Crippen MR) is 188 cm³/mol. The van der Waals surface area contributed by atoms with E-state index in [1.165, 1.54) is 19.6 Å². The van der Waals surface area contributed by atoms with Crippen molar-refractivity contribution in [1.82, 2.24) is 4.98 Å². The van der Waals surface area contributed by atoms with Gasteiger partial charge in [0.25, 0.3) is 0 Å². The number of allylic oxidation sites excluding steroid dienone is 3. The molecule has 3 aromatic carbocycles. The zero-order valence-corrected chi connectivity index (χ0v) is 28.2. The third kappa shape index (κ3) is 6.44. The summed E-state index contributed by atoms with van der Waals surface area (Å²) in [4.78, 5) is 30.0. The summed E-state index contributed by atoms with van der Waals surface area (Å²) in [6.07, 6.45) is 8.50. The number of nitrogens with one attached hydrogen (secondary N) is 1. The van der Waals surface area contributed by atoms with Crippen molar-refractivity contribution < 1.29 is 34.0 Å². The summed E-state index contributed by atoms with van der Waals surface area (Å²) >= 11 is 0. The highest BCUT2D eigenvalue weighted by molar-refractivity contribution is 5.93. The Hall–Kier alpha value is -4.98. The maximum absolute atomic E-state index is 14.1. The lowest BCUT2D eigenvalue weighted by Gasteiger charge is -2.42. The van der Waals surface area contributed by atoms with Crippen LogP contribution in [-0.4, -0.2) is 47.3 Å². The maximum atomic E-state index is 14.1. The number of para-hydroxylation sites is 1. The van der Waals surface area contributed by atoms with Crippen LogP contribution in [0, 0.1) is 17.8 Å². The third-order valence-corrected chi connectivity index (χ3v) is 10.8. The molecule has 0 amide bonds. The number of carbonyl (C=O) groups excluding carboxylic acids is 2. The maximum Gasteiger partial charge on any atom is 0.302 e. The second-order valence-electron chi connectivity index (χ2n) is 13.7. The number of H-pyrrole nitrogens is 1. The Morgan fingerprint density at radius 3 is 2.53 bits per heavy atom. The molecule has 8 nitrogen and oxygen atoms in total. The van der Waals surface area contributed by atoms with Gasteiger partial charge in [-0.25, -0.2) is 0 Å². The number of ether oxygens (including phenoxy) is 3. The monoisotopic (exact) mass is 661 g/mol. The first kappa shape index (κ1) is 32.6. The minimum Gasteiger partial charge on any atom is -0.504 e. The van der Waals surface area contributed by atoms with Crippen LogP contribution in [0.3, 0.4) is 0 Å². The Morgan fingerprint density at radius 2 is 1.76 bits per heavy atom. The number of hydrogen-bond acceptors (Lipinski definition) is 7. The number of aryl methyl sites for hydroxylation is 1. The smallest absolute Gasteiger partial charge is 0.302 e. The molecule has 1 aromatic heterocycles. The van der Waals surface area contributed by atoms with Crippen LogP contribution >= 0.6 is 0 Å². The molecule has 7 rings (SSSR count). The Kier molecular flexibility index (Phi) is 8.97. The first-order valence-corrected chi connectivity index (χ1v) is 17.2. The van der Waals surface area contributed by atoms with E-state index in [2.05, 4.69) is 35.3 Å². The highest BCUT2D eigenvalue weighted by Crippen LogP contribution is 2.56. The van der Waals surface area contributed by atoms with Gasteiger partial charge in [-0.05, 0) is 114 Å². The summed E-state index contributed by atoms with van der Waals surface area (Å²) in [7, 11) is 3.05. The fourth-order valence-corrected chi connectivity index (χ4v) is 8.52. The Morgan fingerprint density at radius 1 is 0.959 bits per heavy atom. The molecule has 254 valence electrons. The van der Waals surface area contributed by atoms with Crippen molar-refractivity contribution in [3.05, 3.63) is 101 Å². The molecule has 1 saturated carbocycles. The van der Waals surface area contributed by atoms with E-state index < -0.39 is 12.1 Å². The molecule has 3 aliphatic rings. The fraction of sp³-hybridized carbons (Fsp3) is 0.366. The van der Waals surface area contributed by atoms with Gasteiger partial charge in [0.15, 0.2) is 23.0 Å². The molecule has 5 unspecified atom stereocenters. The minimum absolute atomic E-state index is 0.0293. The van der Waals surface area contributed by atoms with E-state index in [0.717, 1.165) is 58.1 Å². The number of aromatic amines is 1. The number of phenolic OH excluding ortho intramolecular Hbond substituents is 2. The molecule has 3 N–H and O–H groups in total. The second kappa shape index (κ2) is 13.5. The van der Waals surface area contributed by atoms with E-state index >= 15 is 0 Å². The molecule has 1 fully saturated rings. The van der Waals surface area contributed by atoms with Crippen LogP contribution in [0.25, 0.3) is 16.5 Å². The van der Waals surface area contributed by atoms with Crippen molar-refractivity contribution in [3.8, 4) is 23.0 Å². The SMILES string of the molecule is COc1cc(CCC(CC(=O)CC2c3cc(OC)c(O)cc3C(c3cc4ccccc4[nH]3)=C3C=CC4CCC2C3C4)OC(C)=O)ccc1O. The molecule has 49 heavy (non-hydrogen) atoms. The zero-order chi connectivity index (χ0) is 34.2. The van der Waals surface area contributed by atoms with Gasteiger partial charge in [0.2, 0.25) is 0 Å². The number of aromatic hydroxyl groups is 2. The van der Waals surface area contributed by atoms with Gasteiger partial charge in [-0.3, -0.25) is 9.59 Å². The van der Waals surface area contributed by atoms with Gasteiger partial charge < -0.3 is 29.4 Å². The molecule has 1 heterocycles. The van der Waals surface area contributed by atoms with Gasteiger partial charge in [0, 0.05) is 41.9 Å². The topological polar surface area (TPSA) is 118 Å². The zero-order valence-electron chi connectivity index (χ0n) is 28.2. The van der Waals surface area contributed by atoms with E-state index in [4.69, 9.17) is 14.2 Å². The number of phenols is 2. The number of benzene rings is 3. The normalized spacial score (nSPS) is 21.5. The minimum atomic E-state index is -0.589. The highest BCUT2D eigenvalue weighted by atomic mass is 16.5. The van der Waals surface area contributed by atoms with Crippen LogP contribution in [0.15, 0.2) is 78.4 Å². The van der Waals surface area contributed by atoms with Crippen molar-refractivity contribution >= 4 is 28.2 Å². The van der Waals surface area contributed by atoms with Crippen molar-refractivity contribution in [3.63, 3.8) is 0 Å². The summed E-state index contributed by atoms with van der Waals surface area (Å²) in [6, 6.07) is 19.3. The number of aromatic nitrogens is 1. The number of fused-ring (bicyclic) bond motifs is 3. The van der Waals surface area contributed by atoms with E-state index in [1.807, 2.05) is 24.3 Å². The van der Waals surface area contributed by atoms with Gasteiger partial charge >= 0.3 is 5.97 Å². The van der Waals surface area contributed by atoms with E-state index in [1.54, 1.807) is 25.3 Å². The first-order chi connectivity index (χ1) is 23.7. The molecule has 5 atom stereocenters. The number of ketones is 1. The molecule has 0 saturated heterocycles. The molecule has 0 spiro atoms. The number of Topliss-reactive ketones (excluding diaryl/α,β-unsaturated/α-hetero) is 1. The van der Waals surface area contributed by atoms with Crippen LogP contribution < -0.4 is 9.47 Å². The van der Waals surface area contributed by atoms with Crippen molar-refractivity contribution in [1.29, 1.82) is 0 Å². The summed E-state index contributed by atoms with van der Waals surface area (Å²) in [5.41, 5.74) is 7.16. The molecule has 8 heteroatoms. The summed E-state index contributed by atoms with van der Waals surface area (Å²) in [5.74, 6) is 1.32. The first-order valence-electron chi connectivity index (χ1n) is 17.2. The Labute approximate surface area is 286 Å². The Bertz CT molecular complexity index is 1940. The molecular weight excluding hydrogens is 618 g/mol. The van der Waals surface area contributed by atoms with Gasteiger partial charge in [0.1, 0.15) is 11.9 Å². The summed E-state index contributed by atoms with van der Waals surface area (Å²) < 4.78 is 16.6. The lowest BCUT2D eigenvalue weighted by atomic mass is 9.62. The third-order valence-electron chi connectivity index (χ3n) is 10.8. The standard InChI is InChI=1S/C41H43NO7/c1-23(43)49-28(12-8-25-11-15-37(45)39(17-25)47-2)19-27(44)20-32-29-13-9-24-10-14-30(31(29)16-24)41(34-21-38(46)40(48-3)22-33(32)34)36-18-26-6-4-5-7-35(26)42-36/h4-7,10-11,14-15,17-18,21-22,24,28-29,31-32,42,45-46H,8-9,12-13,16,19-20H2,1-3H3. The van der Waals surface area contributed by atoms with Gasteiger partial charge in [0.05, 0.1) is 14.2 Å². The number of hydrogen-bond donors (Lipinski definition) is 3. The van der Waals surface area contributed by atoms with Crippen molar-refractivity contribution in [2.24, 2.45) is 17.8 Å². The van der Waals surface area contributed by atoms with Crippen LogP contribution in [-0.2, 0) is 20.7 Å². The summed E-state index contributed by atoms with van der Waals surface area (Å²) in [6.45, 7) is 1.37. The van der Waals surface area contributed by atoms with Crippen molar-refractivity contribution in [2.75, 3.05) is 14.2 Å². The number of carbonyl (C=O) groups is 2. The van der Waals surface area contributed by atoms with Gasteiger partial charge in [-0.1, -0.05) is 36.4 Å². The molecule has 0 radical (unpaired) electrons. The van der Waals surface area contributed by atoms with E-state index in [9.17, 15) is 19.8 Å². The molecule has 2 bridgehead atoms.